The Morgan fingerprint density at radius 3 is 2.57 bits per heavy atom. The summed E-state index contributed by atoms with van der Waals surface area (Å²) in [6.45, 7) is 0.504. The molecule has 0 amide bonds. The molecule has 3 nitrogen and oxygen atoms in total. The highest BCUT2D eigenvalue weighted by molar-refractivity contribution is 5.75. The predicted molar refractivity (Wildman–Crippen MR) is 78.6 cm³/mol. The van der Waals surface area contributed by atoms with Gasteiger partial charge >= 0.3 is 0 Å². The third kappa shape index (κ3) is 2.89. The lowest BCUT2D eigenvalue weighted by Crippen LogP contribution is -2.05. The number of hydrogen-bond acceptors (Lipinski definition) is 2. The molecule has 2 aromatic carbocycles. The van der Waals surface area contributed by atoms with E-state index in [2.05, 4.69) is 5.10 Å². The highest BCUT2D eigenvalue weighted by Crippen LogP contribution is 2.20. The summed E-state index contributed by atoms with van der Waals surface area (Å²) < 4.78 is 14.9. The van der Waals surface area contributed by atoms with Gasteiger partial charge in [-0.05, 0) is 23.8 Å². The van der Waals surface area contributed by atoms with Crippen LogP contribution in [0.3, 0.4) is 0 Å². The minimum atomic E-state index is -0.322. The van der Waals surface area contributed by atoms with E-state index in [-0.39, 0.29) is 5.82 Å². The molecule has 0 fully saturated rings. The topological polar surface area (TPSA) is 34.9 Å². The van der Waals surface area contributed by atoms with Crippen LogP contribution in [0.25, 0.3) is 11.3 Å². The first-order chi connectivity index (χ1) is 10.3. The van der Waals surface area contributed by atoms with Crippen molar-refractivity contribution in [2.24, 2.45) is 0 Å². The van der Waals surface area contributed by atoms with Crippen LogP contribution in [-0.2, 0) is 6.54 Å². The zero-order valence-electron chi connectivity index (χ0n) is 11.2. The van der Waals surface area contributed by atoms with E-state index in [9.17, 15) is 9.18 Å². The number of carbonyl (C=O) groups is 1. The first-order valence-electron chi connectivity index (χ1n) is 6.59. The molecule has 0 spiro atoms. The van der Waals surface area contributed by atoms with E-state index in [1.807, 2.05) is 30.3 Å². The van der Waals surface area contributed by atoms with Crippen LogP contribution in [0.2, 0.25) is 0 Å². The molecule has 0 bridgehead atoms. The highest BCUT2D eigenvalue weighted by Gasteiger charge is 2.10. The summed E-state index contributed by atoms with van der Waals surface area (Å²) >= 11 is 0. The molecule has 0 saturated heterocycles. The van der Waals surface area contributed by atoms with Crippen molar-refractivity contribution >= 4 is 6.29 Å². The van der Waals surface area contributed by atoms with E-state index in [1.165, 1.54) is 12.1 Å². The number of aldehydes is 1. The predicted octanol–water partition coefficient (Wildman–Crippen LogP) is 3.55. The molecule has 0 unspecified atom stereocenters. The van der Waals surface area contributed by atoms with Gasteiger partial charge in [0, 0.05) is 5.56 Å². The summed E-state index contributed by atoms with van der Waals surface area (Å²) in [5.41, 5.74) is 2.77. The summed E-state index contributed by atoms with van der Waals surface area (Å²) in [4.78, 5) is 11.2. The molecule has 0 atom stereocenters. The summed E-state index contributed by atoms with van der Waals surface area (Å²) in [6, 6.07) is 17.6. The molecule has 0 aliphatic rings. The van der Waals surface area contributed by atoms with Gasteiger partial charge in [0.05, 0.1) is 12.2 Å². The van der Waals surface area contributed by atoms with Gasteiger partial charge in [-0.2, -0.15) is 5.10 Å². The van der Waals surface area contributed by atoms with Gasteiger partial charge < -0.3 is 0 Å². The van der Waals surface area contributed by atoms with Crippen molar-refractivity contribution in [3.63, 3.8) is 0 Å². The van der Waals surface area contributed by atoms with E-state index >= 15 is 0 Å². The molecule has 3 rings (SSSR count). The number of rotatable bonds is 4. The van der Waals surface area contributed by atoms with Gasteiger partial charge in [0.2, 0.25) is 0 Å². The SMILES string of the molecule is O=Cc1cc(-c2cccc(F)c2)nn1Cc1ccccc1. The molecule has 0 radical (unpaired) electrons. The molecule has 21 heavy (non-hydrogen) atoms. The van der Waals surface area contributed by atoms with Crippen LogP contribution < -0.4 is 0 Å². The van der Waals surface area contributed by atoms with Crippen molar-refractivity contribution < 1.29 is 9.18 Å². The Morgan fingerprint density at radius 2 is 1.86 bits per heavy atom. The molecule has 0 N–H and O–H groups in total. The second-order valence-corrected chi connectivity index (χ2v) is 4.73. The lowest BCUT2D eigenvalue weighted by atomic mass is 10.1. The number of benzene rings is 2. The summed E-state index contributed by atoms with van der Waals surface area (Å²) in [5, 5.41) is 4.41. The van der Waals surface area contributed by atoms with Crippen LogP contribution in [0, 0.1) is 5.82 Å². The normalized spacial score (nSPS) is 10.5. The number of hydrogen-bond donors (Lipinski definition) is 0. The molecule has 0 aliphatic carbocycles. The Morgan fingerprint density at radius 1 is 1.05 bits per heavy atom. The quantitative estimate of drug-likeness (QED) is 0.685. The fourth-order valence-electron chi connectivity index (χ4n) is 2.20. The second kappa shape index (κ2) is 5.71. The van der Waals surface area contributed by atoms with Crippen molar-refractivity contribution in [1.82, 2.24) is 9.78 Å². The Balaban J connectivity index is 1.97. The zero-order valence-corrected chi connectivity index (χ0v) is 11.2. The Kier molecular flexibility index (Phi) is 3.60. The van der Waals surface area contributed by atoms with Gasteiger partial charge in [-0.25, -0.2) is 4.39 Å². The monoisotopic (exact) mass is 280 g/mol. The van der Waals surface area contributed by atoms with Crippen LogP contribution in [0.5, 0.6) is 0 Å². The lowest BCUT2D eigenvalue weighted by molar-refractivity contribution is 0.111. The molecule has 1 heterocycles. The highest BCUT2D eigenvalue weighted by atomic mass is 19.1. The van der Waals surface area contributed by atoms with Crippen LogP contribution >= 0.6 is 0 Å². The summed E-state index contributed by atoms with van der Waals surface area (Å²) in [5.74, 6) is -0.322. The van der Waals surface area contributed by atoms with E-state index in [1.54, 1.807) is 22.9 Å². The number of halogens is 1. The smallest absolute Gasteiger partial charge is 0.168 e. The van der Waals surface area contributed by atoms with Crippen LogP contribution in [-0.4, -0.2) is 16.1 Å². The van der Waals surface area contributed by atoms with E-state index in [4.69, 9.17) is 0 Å². The van der Waals surface area contributed by atoms with Crippen molar-refractivity contribution in [3.8, 4) is 11.3 Å². The largest absolute Gasteiger partial charge is 0.296 e. The molecule has 1 aromatic heterocycles. The molecule has 3 aromatic rings. The first kappa shape index (κ1) is 13.2. The van der Waals surface area contributed by atoms with E-state index in [0.29, 0.717) is 23.5 Å². The van der Waals surface area contributed by atoms with Crippen molar-refractivity contribution in [1.29, 1.82) is 0 Å². The minimum Gasteiger partial charge on any atom is -0.296 e. The molecule has 0 saturated carbocycles. The maximum Gasteiger partial charge on any atom is 0.168 e. The molecular formula is C17H13FN2O. The van der Waals surface area contributed by atoms with Gasteiger partial charge in [0.25, 0.3) is 0 Å². The maximum absolute atomic E-state index is 13.3. The zero-order chi connectivity index (χ0) is 14.7. The van der Waals surface area contributed by atoms with Gasteiger partial charge in [0.15, 0.2) is 6.29 Å². The van der Waals surface area contributed by atoms with Gasteiger partial charge in [-0.3, -0.25) is 9.48 Å². The van der Waals surface area contributed by atoms with Gasteiger partial charge in [0.1, 0.15) is 11.5 Å². The fourth-order valence-corrected chi connectivity index (χ4v) is 2.20. The summed E-state index contributed by atoms with van der Waals surface area (Å²) in [6.07, 6.45) is 0.763. The van der Waals surface area contributed by atoms with Crippen molar-refractivity contribution in [2.75, 3.05) is 0 Å². The van der Waals surface area contributed by atoms with Crippen LogP contribution in [0.4, 0.5) is 4.39 Å². The van der Waals surface area contributed by atoms with E-state index < -0.39 is 0 Å². The number of aromatic nitrogens is 2. The third-order valence-electron chi connectivity index (χ3n) is 3.23. The van der Waals surface area contributed by atoms with Crippen molar-refractivity contribution in [3.05, 3.63) is 77.7 Å². The average molecular weight is 280 g/mol. The standard InChI is InChI=1S/C17H13FN2O/c18-15-8-4-7-14(9-15)17-10-16(12-21)20(19-17)11-13-5-2-1-3-6-13/h1-10,12H,11H2. The maximum atomic E-state index is 13.3. The van der Waals surface area contributed by atoms with Crippen LogP contribution in [0.1, 0.15) is 16.1 Å². The van der Waals surface area contributed by atoms with Gasteiger partial charge in [-0.15, -0.1) is 0 Å². The second-order valence-electron chi connectivity index (χ2n) is 4.73. The number of nitrogens with zero attached hydrogens (tertiary/aromatic N) is 2. The molecule has 0 aliphatic heterocycles. The van der Waals surface area contributed by atoms with Gasteiger partial charge in [-0.1, -0.05) is 42.5 Å². The third-order valence-corrected chi connectivity index (χ3v) is 3.23. The van der Waals surface area contributed by atoms with Crippen molar-refractivity contribution in [2.45, 2.75) is 6.54 Å². The Labute approximate surface area is 121 Å². The first-order valence-corrected chi connectivity index (χ1v) is 6.59. The molecular weight excluding hydrogens is 267 g/mol. The lowest BCUT2D eigenvalue weighted by Gasteiger charge is -2.03. The Bertz CT molecular complexity index is 765. The minimum absolute atomic E-state index is 0.322. The fraction of sp³-hybridized carbons (Fsp3) is 0.0588. The summed E-state index contributed by atoms with van der Waals surface area (Å²) in [7, 11) is 0. The molecule has 4 heteroatoms. The average Bonchev–Trinajstić information content (AvgIpc) is 2.91. The Hall–Kier alpha value is -2.75. The number of carbonyl (C=O) groups excluding carboxylic acids is 1. The van der Waals surface area contributed by atoms with E-state index in [0.717, 1.165) is 11.8 Å². The molecule has 104 valence electrons. The van der Waals surface area contributed by atoms with Crippen LogP contribution in [0.15, 0.2) is 60.7 Å².